The van der Waals surface area contributed by atoms with Gasteiger partial charge in [0.1, 0.15) is 0 Å². The maximum Gasteiger partial charge on any atom is 0.417 e. The first-order valence-corrected chi connectivity index (χ1v) is 7.90. The predicted molar refractivity (Wildman–Crippen MR) is 84.5 cm³/mol. The van der Waals surface area contributed by atoms with Crippen LogP contribution < -0.4 is 0 Å². The van der Waals surface area contributed by atoms with E-state index in [1.54, 1.807) is 6.07 Å². The van der Waals surface area contributed by atoms with Crippen molar-refractivity contribution in [2.24, 2.45) is 0 Å². The number of hydrogen-bond acceptors (Lipinski definition) is 0. The summed E-state index contributed by atoms with van der Waals surface area (Å²) in [5.74, 6) is 0. The van der Waals surface area contributed by atoms with Crippen molar-refractivity contribution in [3.63, 3.8) is 0 Å². The second-order valence-electron chi connectivity index (χ2n) is 4.27. The van der Waals surface area contributed by atoms with Gasteiger partial charge in [-0.2, -0.15) is 13.2 Å². The lowest BCUT2D eigenvalue weighted by Gasteiger charge is -2.15. The molecule has 0 nitrogen and oxygen atoms in total. The van der Waals surface area contributed by atoms with Crippen molar-refractivity contribution in [1.82, 2.24) is 0 Å². The lowest BCUT2D eigenvalue weighted by Crippen LogP contribution is -2.08. The highest BCUT2D eigenvalue weighted by atomic mass is 79.9. The molecule has 0 aliphatic heterocycles. The molecular formula is C14H7BrCl3F3. The molecule has 0 atom stereocenters. The highest BCUT2D eigenvalue weighted by molar-refractivity contribution is 9.08. The SMILES string of the molecule is FC(F)(F)c1cc(CBr)ccc1-c1cc(Cl)c(Cl)c(Cl)c1. The molecule has 0 amide bonds. The molecule has 21 heavy (non-hydrogen) atoms. The Bertz CT molecular complexity index is 661. The molecule has 0 aliphatic carbocycles. The standard InChI is InChI=1S/C14H7BrCl3F3/c15-6-7-1-2-9(10(3-7)14(19,20)21)8-4-11(16)13(18)12(17)5-8/h1-5H,6H2. The smallest absolute Gasteiger partial charge is 0.166 e. The number of alkyl halides is 4. The van der Waals surface area contributed by atoms with Gasteiger partial charge in [-0.05, 0) is 34.9 Å². The molecule has 0 aromatic heterocycles. The topological polar surface area (TPSA) is 0 Å². The van der Waals surface area contributed by atoms with E-state index in [0.717, 1.165) is 6.07 Å². The summed E-state index contributed by atoms with van der Waals surface area (Å²) in [6, 6.07) is 6.84. The Hall–Kier alpha value is -0.420. The molecular weight excluding hydrogens is 411 g/mol. The normalized spacial score (nSPS) is 11.8. The van der Waals surface area contributed by atoms with Crippen LogP contribution in [-0.2, 0) is 11.5 Å². The molecule has 0 saturated heterocycles. The second kappa shape index (κ2) is 6.37. The van der Waals surface area contributed by atoms with Gasteiger partial charge in [0.05, 0.1) is 20.6 Å². The third-order valence-corrected chi connectivity index (χ3v) is 4.68. The van der Waals surface area contributed by atoms with Crippen LogP contribution in [0.15, 0.2) is 30.3 Å². The Morgan fingerprint density at radius 3 is 2.00 bits per heavy atom. The van der Waals surface area contributed by atoms with E-state index in [0.29, 0.717) is 10.9 Å². The van der Waals surface area contributed by atoms with Crippen molar-refractivity contribution in [3.8, 4) is 11.1 Å². The van der Waals surface area contributed by atoms with Gasteiger partial charge in [0.25, 0.3) is 0 Å². The van der Waals surface area contributed by atoms with Gasteiger partial charge in [-0.1, -0.05) is 62.9 Å². The Morgan fingerprint density at radius 1 is 0.952 bits per heavy atom. The summed E-state index contributed by atoms with van der Waals surface area (Å²) in [6.07, 6.45) is -4.48. The van der Waals surface area contributed by atoms with Crippen LogP contribution in [0, 0.1) is 0 Å². The van der Waals surface area contributed by atoms with E-state index in [1.807, 2.05) is 0 Å². The molecule has 0 fully saturated rings. The van der Waals surface area contributed by atoms with Crippen LogP contribution in [0.1, 0.15) is 11.1 Å². The first kappa shape index (κ1) is 16.9. The fourth-order valence-corrected chi connectivity index (χ4v) is 2.82. The molecule has 2 rings (SSSR count). The van der Waals surface area contributed by atoms with Crippen LogP contribution in [-0.4, -0.2) is 0 Å². The minimum atomic E-state index is -4.48. The molecule has 7 heteroatoms. The molecule has 0 saturated carbocycles. The summed E-state index contributed by atoms with van der Waals surface area (Å²) in [4.78, 5) is 0. The minimum absolute atomic E-state index is 0.00710. The molecule has 0 spiro atoms. The molecule has 0 radical (unpaired) electrons. The lowest BCUT2D eigenvalue weighted by atomic mass is 9.97. The van der Waals surface area contributed by atoms with Crippen molar-refractivity contribution < 1.29 is 13.2 Å². The summed E-state index contributed by atoms with van der Waals surface area (Å²) in [5, 5.41) is 0.667. The Labute approximate surface area is 142 Å². The largest absolute Gasteiger partial charge is 0.417 e. The van der Waals surface area contributed by atoms with Gasteiger partial charge in [-0.25, -0.2) is 0 Å². The molecule has 0 N–H and O–H groups in total. The van der Waals surface area contributed by atoms with Gasteiger partial charge >= 0.3 is 6.18 Å². The quantitative estimate of drug-likeness (QED) is 0.357. The third-order valence-electron chi connectivity index (χ3n) is 2.84. The average Bonchev–Trinajstić information content (AvgIpc) is 2.42. The number of benzene rings is 2. The molecule has 2 aromatic rings. The predicted octanol–water partition coefficient (Wildman–Crippen LogP) is 7.23. The van der Waals surface area contributed by atoms with E-state index in [2.05, 4.69) is 15.9 Å². The first-order chi connectivity index (χ1) is 9.74. The van der Waals surface area contributed by atoms with E-state index in [9.17, 15) is 13.2 Å². The molecule has 112 valence electrons. The maximum atomic E-state index is 13.2. The Morgan fingerprint density at radius 2 is 1.52 bits per heavy atom. The molecule has 2 aromatic carbocycles. The summed E-state index contributed by atoms with van der Waals surface area (Å²) in [7, 11) is 0. The zero-order chi connectivity index (χ0) is 15.8. The second-order valence-corrected chi connectivity index (χ2v) is 6.02. The fourth-order valence-electron chi connectivity index (χ4n) is 1.87. The fraction of sp³-hybridized carbons (Fsp3) is 0.143. The molecule has 0 bridgehead atoms. The van der Waals surface area contributed by atoms with Gasteiger partial charge in [0.2, 0.25) is 0 Å². The van der Waals surface area contributed by atoms with Gasteiger partial charge in [0.15, 0.2) is 0 Å². The van der Waals surface area contributed by atoms with Crippen molar-refractivity contribution in [2.45, 2.75) is 11.5 Å². The lowest BCUT2D eigenvalue weighted by molar-refractivity contribution is -0.137. The van der Waals surface area contributed by atoms with E-state index in [4.69, 9.17) is 34.8 Å². The van der Waals surface area contributed by atoms with Crippen LogP contribution in [0.25, 0.3) is 11.1 Å². The molecule has 0 aliphatic rings. The summed E-state index contributed by atoms with van der Waals surface area (Å²) < 4.78 is 39.7. The van der Waals surface area contributed by atoms with E-state index in [-0.39, 0.29) is 26.2 Å². The number of hydrogen-bond donors (Lipinski definition) is 0. The first-order valence-electron chi connectivity index (χ1n) is 5.65. The zero-order valence-electron chi connectivity index (χ0n) is 10.2. The highest BCUT2D eigenvalue weighted by Gasteiger charge is 2.34. The maximum absolute atomic E-state index is 13.2. The monoisotopic (exact) mass is 416 g/mol. The van der Waals surface area contributed by atoms with Gasteiger partial charge in [0, 0.05) is 5.33 Å². The minimum Gasteiger partial charge on any atom is -0.166 e. The zero-order valence-corrected chi connectivity index (χ0v) is 14.1. The summed E-state index contributed by atoms with van der Waals surface area (Å²) in [5.41, 5.74) is 0.0571. The van der Waals surface area contributed by atoms with E-state index in [1.165, 1.54) is 18.2 Å². The van der Waals surface area contributed by atoms with Crippen LogP contribution in [0.4, 0.5) is 13.2 Å². The Kier molecular flexibility index (Phi) is 5.14. The van der Waals surface area contributed by atoms with E-state index < -0.39 is 11.7 Å². The van der Waals surface area contributed by atoms with Gasteiger partial charge < -0.3 is 0 Å². The van der Waals surface area contributed by atoms with Crippen LogP contribution in [0.3, 0.4) is 0 Å². The summed E-state index contributed by atoms with van der Waals surface area (Å²) >= 11 is 20.7. The van der Waals surface area contributed by atoms with Gasteiger partial charge in [-0.3, -0.25) is 0 Å². The Balaban J connectivity index is 2.69. The van der Waals surface area contributed by atoms with E-state index >= 15 is 0 Å². The van der Waals surface area contributed by atoms with Gasteiger partial charge in [-0.15, -0.1) is 0 Å². The summed E-state index contributed by atoms with van der Waals surface area (Å²) in [6.45, 7) is 0. The molecule has 0 heterocycles. The third kappa shape index (κ3) is 3.67. The van der Waals surface area contributed by atoms with Crippen LogP contribution in [0.2, 0.25) is 15.1 Å². The van der Waals surface area contributed by atoms with Crippen molar-refractivity contribution in [1.29, 1.82) is 0 Å². The van der Waals surface area contributed by atoms with Crippen molar-refractivity contribution in [2.75, 3.05) is 0 Å². The van der Waals surface area contributed by atoms with Crippen LogP contribution >= 0.6 is 50.7 Å². The molecule has 0 unspecified atom stereocenters. The average molecular weight is 418 g/mol. The van der Waals surface area contributed by atoms with Crippen LogP contribution in [0.5, 0.6) is 0 Å². The van der Waals surface area contributed by atoms with Crippen molar-refractivity contribution >= 4 is 50.7 Å². The number of halogens is 7. The highest BCUT2D eigenvalue weighted by Crippen LogP contribution is 2.41. The number of rotatable bonds is 2. The van der Waals surface area contributed by atoms with Crippen molar-refractivity contribution in [3.05, 3.63) is 56.5 Å².